The minimum absolute atomic E-state index is 0.0239. The van der Waals surface area contributed by atoms with Gasteiger partial charge >= 0.3 is 0 Å². The second-order valence-corrected chi connectivity index (χ2v) is 4.57. The number of carbonyl (C=O) groups is 1. The lowest BCUT2D eigenvalue weighted by atomic mass is 10.1. The van der Waals surface area contributed by atoms with Crippen LogP contribution in [-0.4, -0.2) is 36.6 Å². The van der Waals surface area contributed by atoms with E-state index in [0.29, 0.717) is 36.0 Å². The number of hydrogen-bond donors (Lipinski definition) is 1. The Morgan fingerprint density at radius 3 is 3.00 bits per heavy atom. The van der Waals surface area contributed by atoms with E-state index in [1.807, 2.05) is 6.92 Å². The Hall–Kier alpha value is -1.26. The number of rotatable bonds is 1. The zero-order valence-electron chi connectivity index (χ0n) is 9.65. The molecule has 1 aromatic rings. The number of amides is 1. The van der Waals surface area contributed by atoms with E-state index >= 15 is 0 Å². The Bertz CT molecular complexity index is 437. The molecule has 2 rings (SSSR count). The third kappa shape index (κ3) is 2.53. The van der Waals surface area contributed by atoms with Crippen molar-refractivity contribution in [3.05, 3.63) is 28.8 Å². The molecule has 0 radical (unpaired) electrons. The molecule has 1 fully saturated rings. The molecule has 4 nitrogen and oxygen atoms in total. The molecule has 1 saturated heterocycles. The molecule has 0 bridgehead atoms. The molecule has 1 heterocycles. The lowest BCUT2D eigenvalue weighted by Crippen LogP contribution is -2.47. The van der Waals surface area contributed by atoms with Crippen LogP contribution in [0.25, 0.3) is 0 Å². The number of nitrogen functional groups attached to an aromatic ring is 1. The summed E-state index contributed by atoms with van der Waals surface area (Å²) in [6, 6.07) is 5.05. The zero-order chi connectivity index (χ0) is 12.4. The van der Waals surface area contributed by atoms with Crippen LogP contribution in [0.2, 0.25) is 5.02 Å². The van der Waals surface area contributed by atoms with Gasteiger partial charge in [0.25, 0.3) is 5.91 Å². The largest absolute Gasteiger partial charge is 0.398 e. The van der Waals surface area contributed by atoms with Gasteiger partial charge < -0.3 is 15.4 Å². The van der Waals surface area contributed by atoms with Crippen LogP contribution in [0.15, 0.2) is 18.2 Å². The quantitative estimate of drug-likeness (QED) is 0.778. The normalized spacial score (nSPS) is 20.4. The van der Waals surface area contributed by atoms with Crippen LogP contribution >= 0.6 is 11.6 Å². The Morgan fingerprint density at radius 1 is 1.59 bits per heavy atom. The summed E-state index contributed by atoms with van der Waals surface area (Å²) in [6.07, 6.45) is 0. The fraction of sp³-hybridized carbons (Fsp3) is 0.417. The van der Waals surface area contributed by atoms with Crippen molar-refractivity contribution >= 4 is 23.2 Å². The monoisotopic (exact) mass is 254 g/mol. The van der Waals surface area contributed by atoms with Crippen LogP contribution in [0.1, 0.15) is 17.3 Å². The van der Waals surface area contributed by atoms with Crippen LogP contribution < -0.4 is 5.73 Å². The van der Waals surface area contributed by atoms with E-state index in [0.717, 1.165) is 0 Å². The van der Waals surface area contributed by atoms with Gasteiger partial charge in [-0.1, -0.05) is 11.6 Å². The third-order valence-corrected chi connectivity index (χ3v) is 3.22. The average molecular weight is 255 g/mol. The van der Waals surface area contributed by atoms with Gasteiger partial charge in [0, 0.05) is 12.1 Å². The third-order valence-electron chi connectivity index (χ3n) is 2.87. The number of nitrogens with zero attached hydrogens (tertiary/aromatic N) is 1. The predicted molar refractivity (Wildman–Crippen MR) is 67.2 cm³/mol. The molecule has 1 aromatic carbocycles. The molecule has 5 heteroatoms. The fourth-order valence-electron chi connectivity index (χ4n) is 1.87. The number of morpholine rings is 1. The lowest BCUT2D eigenvalue weighted by Gasteiger charge is -2.33. The summed E-state index contributed by atoms with van der Waals surface area (Å²) < 4.78 is 5.30. The van der Waals surface area contributed by atoms with Crippen LogP contribution in [-0.2, 0) is 4.74 Å². The fourth-order valence-corrected chi connectivity index (χ4v) is 1.99. The first-order valence-electron chi connectivity index (χ1n) is 5.53. The maximum atomic E-state index is 12.2. The van der Waals surface area contributed by atoms with Crippen molar-refractivity contribution in [2.24, 2.45) is 0 Å². The van der Waals surface area contributed by atoms with E-state index in [9.17, 15) is 4.79 Å². The first-order chi connectivity index (χ1) is 8.09. The van der Waals surface area contributed by atoms with Crippen LogP contribution in [0.3, 0.4) is 0 Å². The summed E-state index contributed by atoms with van der Waals surface area (Å²) in [6.45, 7) is 3.74. The van der Waals surface area contributed by atoms with E-state index in [1.54, 1.807) is 23.1 Å². The van der Waals surface area contributed by atoms with Crippen LogP contribution in [0.5, 0.6) is 0 Å². The number of nitrogens with two attached hydrogens (primary N) is 1. The highest BCUT2D eigenvalue weighted by molar-refractivity contribution is 6.33. The highest BCUT2D eigenvalue weighted by Crippen LogP contribution is 2.21. The Labute approximate surface area is 105 Å². The molecule has 0 unspecified atom stereocenters. The lowest BCUT2D eigenvalue weighted by molar-refractivity contribution is 0.00360. The Balaban J connectivity index is 2.21. The van der Waals surface area contributed by atoms with Crippen molar-refractivity contribution < 1.29 is 9.53 Å². The first kappa shape index (κ1) is 12.2. The number of ether oxygens (including phenoxy) is 1. The summed E-state index contributed by atoms with van der Waals surface area (Å²) in [5, 5.41) is 0.469. The van der Waals surface area contributed by atoms with Crippen molar-refractivity contribution in [1.29, 1.82) is 0 Å². The second-order valence-electron chi connectivity index (χ2n) is 4.16. The highest BCUT2D eigenvalue weighted by atomic mass is 35.5. The topological polar surface area (TPSA) is 55.6 Å². The smallest absolute Gasteiger partial charge is 0.254 e. The van der Waals surface area contributed by atoms with Gasteiger partial charge in [-0.2, -0.15) is 0 Å². The molecule has 1 atom stereocenters. The SMILES string of the molecule is C[C@@H]1COCCN1C(=O)c1ccc(Cl)c(N)c1. The molecule has 0 spiro atoms. The van der Waals surface area contributed by atoms with Crippen molar-refractivity contribution in [3.8, 4) is 0 Å². The molecule has 1 amide bonds. The summed E-state index contributed by atoms with van der Waals surface area (Å²) in [5.74, 6) is -0.0239. The molecule has 2 N–H and O–H groups in total. The number of halogens is 1. The maximum Gasteiger partial charge on any atom is 0.254 e. The van der Waals surface area contributed by atoms with E-state index in [1.165, 1.54) is 0 Å². The predicted octanol–water partition coefficient (Wildman–Crippen LogP) is 1.78. The minimum atomic E-state index is -0.0239. The van der Waals surface area contributed by atoms with Gasteiger partial charge in [-0.15, -0.1) is 0 Å². The number of anilines is 1. The Morgan fingerprint density at radius 2 is 2.35 bits per heavy atom. The van der Waals surface area contributed by atoms with Crippen LogP contribution in [0.4, 0.5) is 5.69 Å². The molecule has 0 saturated carbocycles. The first-order valence-corrected chi connectivity index (χ1v) is 5.91. The van der Waals surface area contributed by atoms with E-state index in [2.05, 4.69) is 0 Å². The standard InChI is InChI=1S/C12H15ClN2O2/c1-8-7-17-5-4-15(8)12(16)9-2-3-10(13)11(14)6-9/h2-3,6,8H,4-5,7,14H2,1H3/t8-/m1/s1. The van der Waals surface area contributed by atoms with Gasteiger partial charge in [0.2, 0.25) is 0 Å². The van der Waals surface area contributed by atoms with Crippen LogP contribution in [0, 0.1) is 0 Å². The molecule has 17 heavy (non-hydrogen) atoms. The van der Waals surface area contributed by atoms with E-state index in [-0.39, 0.29) is 11.9 Å². The van der Waals surface area contributed by atoms with Crippen molar-refractivity contribution in [3.63, 3.8) is 0 Å². The Kier molecular flexibility index (Phi) is 3.54. The molecule has 0 aliphatic carbocycles. The molecule has 1 aliphatic heterocycles. The average Bonchev–Trinajstić information content (AvgIpc) is 2.32. The molecular formula is C12H15ClN2O2. The van der Waals surface area contributed by atoms with E-state index < -0.39 is 0 Å². The van der Waals surface area contributed by atoms with Gasteiger partial charge in [0.1, 0.15) is 0 Å². The summed E-state index contributed by atoms with van der Waals surface area (Å²) in [5.41, 5.74) is 6.69. The van der Waals surface area contributed by atoms with Crippen molar-refractivity contribution in [2.45, 2.75) is 13.0 Å². The summed E-state index contributed by atoms with van der Waals surface area (Å²) >= 11 is 5.83. The van der Waals surface area contributed by atoms with Gasteiger partial charge in [-0.25, -0.2) is 0 Å². The molecule has 0 aromatic heterocycles. The highest BCUT2D eigenvalue weighted by Gasteiger charge is 2.24. The number of carbonyl (C=O) groups excluding carboxylic acids is 1. The summed E-state index contributed by atoms with van der Waals surface area (Å²) in [7, 11) is 0. The van der Waals surface area contributed by atoms with Gasteiger partial charge in [0.05, 0.1) is 30.0 Å². The summed E-state index contributed by atoms with van der Waals surface area (Å²) in [4.78, 5) is 14.0. The second kappa shape index (κ2) is 4.94. The zero-order valence-corrected chi connectivity index (χ0v) is 10.4. The van der Waals surface area contributed by atoms with Crippen molar-refractivity contribution in [2.75, 3.05) is 25.5 Å². The molecular weight excluding hydrogens is 240 g/mol. The number of benzene rings is 1. The van der Waals surface area contributed by atoms with Crippen molar-refractivity contribution in [1.82, 2.24) is 4.90 Å². The maximum absolute atomic E-state index is 12.2. The van der Waals surface area contributed by atoms with Gasteiger partial charge in [0.15, 0.2) is 0 Å². The molecule has 1 aliphatic rings. The van der Waals surface area contributed by atoms with Gasteiger partial charge in [-0.3, -0.25) is 4.79 Å². The number of hydrogen-bond acceptors (Lipinski definition) is 3. The minimum Gasteiger partial charge on any atom is -0.398 e. The molecule has 92 valence electrons. The van der Waals surface area contributed by atoms with Gasteiger partial charge in [-0.05, 0) is 25.1 Å². The van der Waals surface area contributed by atoms with E-state index in [4.69, 9.17) is 22.1 Å².